The van der Waals surface area contributed by atoms with E-state index in [1.54, 1.807) is 0 Å². The van der Waals surface area contributed by atoms with Gasteiger partial charge in [0.15, 0.2) is 0 Å². The van der Waals surface area contributed by atoms with Crippen LogP contribution < -0.4 is 5.32 Å². The molecule has 0 bridgehead atoms. The van der Waals surface area contributed by atoms with E-state index in [1.807, 2.05) is 0 Å². The van der Waals surface area contributed by atoms with Gasteiger partial charge in [-0.25, -0.2) is 0 Å². The van der Waals surface area contributed by atoms with Crippen molar-refractivity contribution in [3.05, 3.63) is 0 Å². The third-order valence-electron chi connectivity index (χ3n) is 3.43. The number of aliphatic carboxylic acids is 1. The highest BCUT2D eigenvalue weighted by Gasteiger charge is 2.51. The van der Waals surface area contributed by atoms with Crippen LogP contribution >= 0.6 is 0 Å². The molecule has 1 heterocycles. The number of nitrogens with one attached hydrogen (secondary N) is 1. The van der Waals surface area contributed by atoms with E-state index in [2.05, 4.69) is 5.32 Å². The fourth-order valence-corrected chi connectivity index (χ4v) is 2.10. The van der Waals surface area contributed by atoms with E-state index in [4.69, 9.17) is 14.6 Å². The summed E-state index contributed by atoms with van der Waals surface area (Å²) in [6, 6.07) is 0. The lowest BCUT2D eigenvalue weighted by atomic mass is 9.68. The molecule has 6 heteroatoms. The van der Waals surface area contributed by atoms with Crippen molar-refractivity contribution in [1.82, 2.24) is 5.32 Å². The lowest BCUT2D eigenvalue weighted by Gasteiger charge is -2.36. The Morgan fingerprint density at radius 1 is 1.35 bits per heavy atom. The van der Waals surface area contributed by atoms with Gasteiger partial charge in [-0.15, -0.1) is 0 Å². The predicted octanol–water partition coefficient (Wildman–Crippen LogP) is -0.227. The van der Waals surface area contributed by atoms with Crippen LogP contribution in [0.3, 0.4) is 0 Å². The van der Waals surface area contributed by atoms with Crippen molar-refractivity contribution in [2.24, 2.45) is 5.41 Å². The first kappa shape index (κ1) is 12.3. The Morgan fingerprint density at radius 2 is 2.12 bits per heavy atom. The molecule has 0 aromatic rings. The van der Waals surface area contributed by atoms with Gasteiger partial charge < -0.3 is 19.9 Å². The van der Waals surface area contributed by atoms with Crippen molar-refractivity contribution in [1.29, 1.82) is 0 Å². The molecule has 1 aliphatic heterocycles. The van der Waals surface area contributed by atoms with Gasteiger partial charge in [0.2, 0.25) is 5.91 Å². The Labute approximate surface area is 99.3 Å². The summed E-state index contributed by atoms with van der Waals surface area (Å²) in [5.74, 6) is -1.42. The van der Waals surface area contributed by atoms with Crippen LogP contribution in [0.15, 0.2) is 0 Å². The van der Waals surface area contributed by atoms with Gasteiger partial charge in [0.25, 0.3) is 0 Å². The van der Waals surface area contributed by atoms with Gasteiger partial charge in [0, 0.05) is 6.54 Å². The summed E-state index contributed by atoms with van der Waals surface area (Å²) < 4.78 is 10.6. The molecular formula is C11H17NO5. The molecule has 17 heavy (non-hydrogen) atoms. The fraction of sp³-hybridized carbons (Fsp3) is 0.818. The maximum Gasteiger partial charge on any atom is 0.319 e. The van der Waals surface area contributed by atoms with Crippen LogP contribution in [-0.2, 0) is 19.1 Å². The minimum Gasteiger partial charge on any atom is -0.480 e. The second-order valence-electron chi connectivity index (χ2n) is 4.52. The van der Waals surface area contributed by atoms with E-state index in [-0.39, 0.29) is 6.10 Å². The number of rotatable bonds is 4. The van der Waals surface area contributed by atoms with E-state index in [1.165, 1.54) is 0 Å². The van der Waals surface area contributed by atoms with Gasteiger partial charge in [-0.05, 0) is 12.8 Å². The Morgan fingerprint density at radius 3 is 2.59 bits per heavy atom. The van der Waals surface area contributed by atoms with Gasteiger partial charge in [0.05, 0.1) is 25.9 Å². The predicted molar refractivity (Wildman–Crippen MR) is 57.5 cm³/mol. The molecule has 2 fully saturated rings. The van der Waals surface area contributed by atoms with Crippen molar-refractivity contribution in [2.75, 3.05) is 26.4 Å². The smallest absolute Gasteiger partial charge is 0.319 e. The highest BCUT2D eigenvalue weighted by molar-refractivity contribution is 6.02. The molecule has 2 rings (SSSR count). The minimum atomic E-state index is -1.20. The zero-order chi connectivity index (χ0) is 12.3. The minimum absolute atomic E-state index is 0.168. The second-order valence-corrected chi connectivity index (χ2v) is 4.52. The molecule has 2 aliphatic rings. The van der Waals surface area contributed by atoms with Crippen molar-refractivity contribution in [3.63, 3.8) is 0 Å². The van der Waals surface area contributed by atoms with Gasteiger partial charge in [-0.1, -0.05) is 6.42 Å². The molecule has 0 aromatic carbocycles. The SMILES string of the molecule is O=C(O)C1(C(=O)NCC2COCCO2)CCC1. The number of amides is 1. The lowest BCUT2D eigenvalue weighted by molar-refractivity contribution is -0.162. The summed E-state index contributed by atoms with van der Waals surface area (Å²) in [4.78, 5) is 22.9. The Kier molecular flexibility index (Phi) is 3.63. The molecule has 1 aliphatic carbocycles. The number of hydrogen-bond acceptors (Lipinski definition) is 4. The largest absolute Gasteiger partial charge is 0.480 e. The molecule has 1 atom stereocenters. The summed E-state index contributed by atoms with van der Waals surface area (Å²) in [6.45, 7) is 1.85. The van der Waals surface area contributed by atoms with Crippen molar-refractivity contribution in [2.45, 2.75) is 25.4 Å². The van der Waals surface area contributed by atoms with Crippen molar-refractivity contribution >= 4 is 11.9 Å². The van der Waals surface area contributed by atoms with E-state index in [0.717, 1.165) is 6.42 Å². The molecule has 1 saturated carbocycles. The van der Waals surface area contributed by atoms with Gasteiger partial charge in [-0.3, -0.25) is 9.59 Å². The first-order chi connectivity index (χ1) is 8.15. The highest BCUT2D eigenvalue weighted by atomic mass is 16.6. The summed E-state index contributed by atoms with van der Waals surface area (Å²) >= 11 is 0. The molecule has 0 aromatic heterocycles. The van der Waals surface area contributed by atoms with E-state index >= 15 is 0 Å². The Bertz CT molecular complexity index is 307. The van der Waals surface area contributed by atoms with Crippen LogP contribution in [-0.4, -0.2) is 49.5 Å². The third-order valence-corrected chi connectivity index (χ3v) is 3.43. The first-order valence-corrected chi connectivity index (χ1v) is 5.86. The van der Waals surface area contributed by atoms with Crippen LogP contribution in [0, 0.1) is 5.41 Å². The van der Waals surface area contributed by atoms with Crippen LogP contribution in [0.1, 0.15) is 19.3 Å². The van der Waals surface area contributed by atoms with Crippen molar-refractivity contribution in [3.8, 4) is 0 Å². The fourth-order valence-electron chi connectivity index (χ4n) is 2.10. The standard InChI is InChI=1S/C11H17NO5/c13-9(11(10(14)15)2-1-3-11)12-6-8-7-16-4-5-17-8/h8H,1-7H2,(H,12,13)(H,14,15). The number of carbonyl (C=O) groups is 2. The summed E-state index contributed by atoms with van der Waals surface area (Å²) in [6.07, 6.45) is 1.48. The average molecular weight is 243 g/mol. The molecule has 6 nitrogen and oxygen atoms in total. The average Bonchev–Trinajstić information content (AvgIpc) is 2.25. The number of carbonyl (C=O) groups excluding carboxylic acids is 1. The molecule has 1 saturated heterocycles. The monoisotopic (exact) mass is 243 g/mol. The first-order valence-electron chi connectivity index (χ1n) is 5.86. The van der Waals surface area contributed by atoms with E-state index in [0.29, 0.717) is 39.2 Å². The number of hydrogen-bond donors (Lipinski definition) is 2. The lowest BCUT2D eigenvalue weighted by Crippen LogP contribution is -2.53. The summed E-state index contributed by atoms with van der Waals surface area (Å²) in [5, 5.41) is 11.7. The molecule has 1 amide bonds. The normalized spacial score (nSPS) is 26.9. The number of carboxylic acid groups (broad SMARTS) is 1. The van der Waals surface area contributed by atoms with E-state index in [9.17, 15) is 9.59 Å². The zero-order valence-electron chi connectivity index (χ0n) is 9.61. The van der Waals surface area contributed by atoms with Gasteiger partial charge in [0.1, 0.15) is 5.41 Å². The van der Waals surface area contributed by atoms with Crippen molar-refractivity contribution < 1.29 is 24.2 Å². The molecule has 0 radical (unpaired) electrons. The highest BCUT2D eigenvalue weighted by Crippen LogP contribution is 2.41. The van der Waals surface area contributed by atoms with E-state index < -0.39 is 17.3 Å². The molecular weight excluding hydrogens is 226 g/mol. The molecule has 96 valence electrons. The number of ether oxygens (including phenoxy) is 2. The zero-order valence-corrected chi connectivity index (χ0v) is 9.61. The van der Waals surface area contributed by atoms with Crippen LogP contribution in [0.25, 0.3) is 0 Å². The Hall–Kier alpha value is -1.14. The van der Waals surface area contributed by atoms with Gasteiger partial charge >= 0.3 is 5.97 Å². The molecule has 0 spiro atoms. The molecule has 2 N–H and O–H groups in total. The topological polar surface area (TPSA) is 84.9 Å². The summed E-state index contributed by atoms with van der Waals surface area (Å²) in [7, 11) is 0. The summed E-state index contributed by atoms with van der Waals surface area (Å²) in [5.41, 5.74) is -1.20. The maximum absolute atomic E-state index is 11.8. The molecule has 1 unspecified atom stereocenters. The second kappa shape index (κ2) is 5.01. The Balaban J connectivity index is 1.82. The van der Waals surface area contributed by atoms with Gasteiger partial charge in [-0.2, -0.15) is 0 Å². The quantitative estimate of drug-likeness (QED) is 0.666. The van der Waals surface area contributed by atoms with Crippen LogP contribution in [0.2, 0.25) is 0 Å². The third kappa shape index (κ3) is 2.42. The van der Waals surface area contributed by atoms with Crippen LogP contribution in [0.5, 0.6) is 0 Å². The van der Waals surface area contributed by atoms with Crippen LogP contribution in [0.4, 0.5) is 0 Å². The maximum atomic E-state index is 11.8. The number of carboxylic acids is 1.